The molecule has 1 aromatic heterocycles. The van der Waals surface area contributed by atoms with Gasteiger partial charge in [-0.2, -0.15) is 5.10 Å². The molecule has 0 spiro atoms. The average molecular weight is 382 g/mol. The van der Waals surface area contributed by atoms with Crippen LogP contribution in [-0.4, -0.2) is 38.3 Å². The zero-order valence-corrected chi connectivity index (χ0v) is 16.0. The van der Waals surface area contributed by atoms with Gasteiger partial charge >= 0.3 is 0 Å². The highest BCUT2D eigenvalue weighted by Crippen LogP contribution is 2.17. The summed E-state index contributed by atoms with van der Waals surface area (Å²) in [5.74, 6) is 1.22. The monoisotopic (exact) mass is 382 g/mol. The van der Waals surface area contributed by atoms with Crippen molar-refractivity contribution in [3.05, 3.63) is 72.1 Å². The highest BCUT2D eigenvalue weighted by atomic mass is 32.2. The molecule has 140 valence electrons. The molecule has 0 fully saturated rings. The summed E-state index contributed by atoms with van der Waals surface area (Å²) in [5, 5.41) is 7.18. The first-order valence-electron chi connectivity index (χ1n) is 8.76. The first kappa shape index (κ1) is 19.0. The van der Waals surface area contributed by atoms with Gasteiger partial charge in [-0.25, -0.2) is 4.98 Å². The van der Waals surface area contributed by atoms with Crippen LogP contribution < -0.4 is 4.74 Å². The number of aromatic amines is 1. The van der Waals surface area contributed by atoms with Crippen molar-refractivity contribution in [1.29, 1.82) is 0 Å². The molecule has 6 nitrogen and oxygen atoms in total. The van der Waals surface area contributed by atoms with E-state index in [1.54, 1.807) is 0 Å². The van der Waals surface area contributed by atoms with Gasteiger partial charge in [0.2, 0.25) is 5.91 Å². The lowest BCUT2D eigenvalue weighted by molar-refractivity contribution is -0.128. The Labute approximate surface area is 163 Å². The summed E-state index contributed by atoms with van der Waals surface area (Å²) in [5.41, 5.74) is 2.20. The number of hydrogen-bond acceptors (Lipinski definition) is 5. The molecule has 0 saturated heterocycles. The molecule has 0 aliphatic heterocycles. The molecule has 0 atom stereocenters. The number of nitrogens with zero attached hydrogens (tertiary/aromatic N) is 3. The van der Waals surface area contributed by atoms with E-state index in [1.165, 1.54) is 18.1 Å². The normalized spacial score (nSPS) is 10.6. The molecule has 27 heavy (non-hydrogen) atoms. The molecule has 0 radical (unpaired) electrons. The first-order valence-corrected chi connectivity index (χ1v) is 9.74. The molecule has 0 bridgehead atoms. The number of nitrogens with one attached hydrogen (secondary N) is 1. The summed E-state index contributed by atoms with van der Waals surface area (Å²) < 4.78 is 5.81. The van der Waals surface area contributed by atoms with E-state index < -0.39 is 0 Å². The summed E-state index contributed by atoms with van der Waals surface area (Å²) in [6.45, 7) is 3.75. The number of hydrogen-bond donors (Lipinski definition) is 1. The largest absolute Gasteiger partial charge is 0.489 e. The number of H-pyrrole nitrogens is 1. The highest BCUT2D eigenvalue weighted by Gasteiger charge is 2.13. The number of amides is 1. The Kier molecular flexibility index (Phi) is 6.87. The van der Waals surface area contributed by atoms with Gasteiger partial charge in [0.1, 0.15) is 18.7 Å². The summed E-state index contributed by atoms with van der Waals surface area (Å²) in [7, 11) is 0. The minimum absolute atomic E-state index is 0.0725. The predicted octanol–water partition coefficient (Wildman–Crippen LogP) is 3.52. The Balaban J connectivity index is 1.50. The predicted molar refractivity (Wildman–Crippen MR) is 105 cm³/mol. The van der Waals surface area contributed by atoms with Crippen molar-refractivity contribution in [1.82, 2.24) is 20.1 Å². The van der Waals surface area contributed by atoms with Crippen molar-refractivity contribution >= 4 is 17.7 Å². The second-order valence-electron chi connectivity index (χ2n) is 5.91. The van der Waals surface area contributed by atoms with E-state index in [4.69, 9.17) is 4.74 Å². The van der Waals surface area contributed by atoms with Gasteiger partial charge < -0.3 is 9.64 Å². The third kappa shape index (κ3) is 5.86. The van der Waals surface area contributed by atoms with Crippen LogP contribution in [0.5, 0.6) is 5.75 Å². The Morgan fingerprint density at radius 1 is 1.11 bits per heavy atom. The van der Waals surface area contributed by atoms with Gasteiger partial charge in [-0.3, -0.25) is 9.89 Å². The summed E-state index contributed by atoms with van der Waals surface area (Å²) in [4.78, 5) is 18.3. The lowest BCUT2D eigenvalue weighted by Crippen LogP contribution is -2.31. The molecule has 3 rings (SSSR count). The van der Waals surface area contributed by atoms with E-state index in [0.29, 0.717) is 30.6 Å². The Morgan fingerprint density at radius 3 is 2.56 bits per heavy atom. The van der Waals surface area contributed by atoms with Gasteiger partial charge in [0.15, 0.2) is 5.16 Å². The molecule has 0 saturated carbocycles. The van der Waals surface area contributed by atoms with Gasteiger partial charge in [-0.05, 0) is 30.2 Å². The van der Waals surface area contributed by atoms with Crippen molar-refractivity contribution in [3.63, 3.8) is 0 Å². The average Bonchev–Trinajstić information content (AvgIpc) is 3.24. The molecule has 1 amide bonds. The Bertz CT molecular complexity index is 823. The Morgan fingerprint density at radius 2 is 1.89 bits per heavy atom. The van der Waals surface area contributed by atoms with Crippen molar-refractivity contribution in [2.75, 3.05) is 12.3 Å². The molecular formula is C20H22N4O2S. The highest BCUT2D eigenvalue weighted by molar-refractivity contribution is 7.99. The third-order valence-electron chi connectivity index (χ3n) is 4.00. The fourth-order valence-corrected chi connectivity index (χ4v) is 3.20. The van der Waals surface area contributed by atoms with E-state index in [9.17, 15) is 4.79 Å². The van der Waals surface area contributed by atoms with E-state index in [1.807, 2.05) is 66.4 Å². The van der Waals surface area contributed by atoms with Crippen LogP contribution in [0.1, 0.15) is 18.1 Å². The van der Waals surface area contributed by atoms with Crippen LogP contribution in [0.3, 0.4) is 0 Å². The van der Waals surface area contributed by atoms with E-state index in [-0.39, 0.29) is 5.91 Å². The molecule has 0 unspecified atom stereocenters. The first-order chi connectivity index (χ1) is 13.2. The maximum atomic E-state index is 12.4. The molecule has 1 heterocycles. The zero-order valence-electron chi connectivity index (χ0n) is 15.2. The van der Waals surface area contributed by atoms with Crippen molar-refractivity contribution < 1.29 is 9.53 Å². The van der Waals surface area contributed by atoms with E-state index >= 15 is 0 Å². The van der Waals surface area contributed by atoms with Crippen LogP contribution in [-0.2, 0) is 17.9 Å². The standard InChI is InChI=1S/C20H22N4O2S/c1-2-24(19(25)14-27-20-21-15-22-23-20)12-16-8-10-18(11-9-16)26-13-17-6-4-3-5-7-17/h3-11,15H,2,12-14H2,1H3,(H,21,22,23). The molecule has 1 N–H and O–H groups in total. The summed E-state index contributed by atoms with van der Waals surface area (Å²) >= 11 is 1.36. The van der Waals surface area contributed by atoms with Crippen molar-refractivity contribution in [3.8, 4) is 5.75 Å². The number of carbonyl (C=O) groups excluding carboxylic acids is 1. The van der Waals surface area contributed by atoms with Gasteiger partial charge in [-0.1, -0.05) is 54.2 Å². The minimum atomic E-state index is 0.0725. The SMILES string of the molecule is CCN(Cc1ccc(OCc2ccccc2)cc1)C(=O)CSc1ncn[nH]1. The molecule has 0 aliphatic rings. The van der Waals surface area contributed by atoms with E-state index in [2.05, 4.69) is 15.2 Å². The third-order valence-corrected chi connectivity index (χ3v) is 4.87. The maximum Gasteiger partial charge on any atom is 0.233 e. The quantitative estimate of drug-likeness (QED) is 0.573. The number of aromatic nitrogens is 3. The lowest BCUT2D eigenvalue weighted by Gasteiger charge is -2.20. The fraction of sp³-hybridized carbons (Fsp3) is 0.250. The minimum Gasteiger partial charge on any atom is -0.489 e. The lowest BCUT2D eigenvalue weighted by atomic mass is 10.2. The second kappa shape index (κ2) is 9.78. The van der Waals surface area contributed by atoms with Gasteiger partial charge in [0, 0.05) is 13.1 Å². The van der Waals surface area contributed by atoms with Crippen LogP contribution >= 0.6 is 11.8 Å². The summed E-state index contributed by atoms with van der Waals surface area (Å²) in [6, 6.07) is 18.0. The van der Waals surface area contributed by atoms with Crippen molar-refractivity contribution in [2.24, 2.45) is 0 Å². The van der Waals surface area contributed by atoms with Crippen molar-refractivity contribution in [2.45, 2.75) is 25.2 Å². The second-order valence-corrected chi connectivity index (χ2v) is 6.87. The van der Waals surface area contributed by atoms with Gasteiger partial charge in [0.25, 0.3) is 0 Å². The number of rotatable bonds is 9. The molecule has 0 aliphatic carbocycles. The summed E-state index contributed by atoms with van der Waals surface area (Å²) in [6.07, 6.45) is 1.44. The van der Waals surface area contributed by atoms with E-state index in [0.717, 1.165) is 16.9 Å². The van der Waals surface area contributed by atoms with Crippen LogP contribution in [0, 0.1) is 0 Å². The van der Waals surface area contributed by atoms with Crippen LogP contribution in [0.4, 0.5) is 0 Å². The smallest absolute Gasteiger partial charge is 0.233 e. The number of carbonyl (C=O) groups is 1. The van der Waals surface area contributed by atoms with Gasteiger partial charge in [-0.15, -0.1) is 0 Å². The molecular weight excluding hydrogens is 360 g/mol. The molecule has 7 heteroatoms. The van der Waals surface area contributed by atoms with Crippen LogP contribution in [0.2, 0.25) is 0 Å². The zero-order chi connectivity index (χ0) is 18.9. The topological polar surface area (TPSA) is 71.1 Å². The molecule has 2 aromatic carbocycles. The Hall–Kier alpha value is -2.80. The fourth-order valence-electron chi connectivity index (χ4n) is 2.51. The van der Waals surface area contributed by atoms with Crippen LogP contribution in [0.25, 0.3) is 0 Å². The van der Waals surface area contributed by atoms with Crippen LogP contribution in [0.15, 0.2) is 66.1 Å². The number of thioether (sulfide) groups is 1. The number of benzene rings is 2. The number of ether oxygens (including phenoxy) is 1. The molecule has 3 aromatic rings. The van der Waals surface area contributed by atoms with Gasteiger partial charge in [0.05, 0.1) is 5.75 Å². The maximum absolute atomic E-state index is 12.4.